The van der Waals surface area contributed by atoms with Crippen molar-refractivity contribution in [3.63, 3.8) is 0 Å². The van der Waals surface area contributed by atoms with E-state index >= 15 is 0 Å². The maximum Gasteiger partial charge on any atom is 0.124 e. The minimum absolute atomic E-state index is 0.477. The standard InChI is InChI=1S/C15H22N2O/c1-2-4-15-13(3-1)14(7-10-18-15)17-11-12-5-8-16-9-6-12/h1-4,12,14,16-17H,5-11H2. The molecule has 1 atom stereocenters. The van der Waals surface area contributed by atoms with Gasteiger partial charge in [-0.25, -0.2) is 0 Å². The van der Waals surface area contributed by atoms with Gasteiger partial charge in [0.05, 0.1) is 6.61 Å². The van der Waals surface area contributed by atoms with Crippen molar-refractivity contribution in [2.45, 2.75) is 25.3 Å². The first kappa shape index (κ1) is 12.0. The Labute approximate surface area is 109 Å². The fourth-order valence-electron chi connectivity index (χ4n) is 2.95. The first-order valence-electron chi connectivity index (χ1n) is 7.09. The average Bonchev–Trinajstić information content (AvgIpc) is 2.46. The minimum Gasteiger partial charge on any atom is -0.493 e. The summed E-state index contributed by atoms with van der Waals surface area (Å²) in [5.74, 6) is 1.90. The molecule has 0 bridgehead atoms. The van der Waals surface area contributed by atoms with Crippen LogP contribution in [0, 0.1) is 5.92 Å². The molecule has 1 saturated heterocycles. The number of benzene rings is 1. The molecule has 0 aromatic heterocycles. The Balaban J connectivity index is 1.60. The van der Waals surface area contributed by atoms with Crippen LogP contribution in [0.5, 0.6) is 5.75 Å². The van der Waals surface area contributed by atoms with Gasteiger partial charge in [0, 0.05) is 18.0 Å². The van der Waals surface area contributed by atoms with Gasteiger partial charge in [0.1, 0.15) is 5.75 Å². The van der Waals surface area contributed by atoms with E-state index in [4.69, 9.17) is 4.74 Å². The van der Waals surface area contributed by atoms with Crippen molar-refractivity contribution < 1.29 is 4.74 Å². The van der Waals surface area contributed by atoms with Crippen LogP contribution < -0.4 is 15.4 Å². The second kappa shape index (κ2) is 5.72. The number of nitrogens with one attached hydrogen (secondary N) is 2. The molecule has 98 valence electrons. The van der Waals surface area contributed by atoms with E-state index in [0.29, 0.717) is 6.04 Å². The largest absolute Gasteiger partial charge is 0.493 e. The zero-order valence-corrected chi connectivity index (χ0v) is 10.8. The third-order valence-electron chi connectivity index (χ3n) is 4.07. The molecule has 1 aromatic carbocycles. The third-order valence-corrected chi connectivity index (χ3v) is 4.07. The second-order valence-electron chi connectivity index (χ2n) is 5.33. The highest BCUT2D eigenvalue weighted by molar-refractivity contribution is 5.37. The average molecular weight is 246 g/mol. The Morgan fingerprint density at radius 3 is 2.89 bits per heavy atom. The molecule has 3 nitrogen and oxygen atoms in total. The molecule has 18 heavy (non-hydrogen) atoms. The van der Waals surface area contributed by atoms with Gasteiger partial charge in [-0.2, -0.15) is 0 Å². The van der Waals surface area contributed by atoms with Crippen molar-refractivity contribution in [1.82, 2.24) is 10.6 Å². The van der Waals surface area contributed by atoms with E-state index in [-0.39, 0.29) is 0 Å². The molecule has 0 spiro atoms. The molecule has 2 heterocycles. The summed E-state index contributed by atoms with van der Waals surface area (Å²) in [6.45, 7) is 4.33. The monoisotopic (exact) mass is 246 g/mol. The molecule has 2 aliphatic rings. The summed E-state index contributed by atoms with van der Waals surface area (Å²) in [4.78, 5) is 0. The summed E-state index contributed by atoms with van der Waals surface area (Å²) >= 11 is 0. The molecular formula is C15H22N2O. The Bertz CT molecular complexity index is 388. The summed E-state index contributed by atoms with van der Waals surface area (Å²) < 4.78 is 5.70. The van der Waals surface area contributed by atoms with E-state index in [1.807, 2.05) is 6.07 Å². The van der Waals surface area contributed by atoms with E-state index in [2.05, 4.69) is 28.8 Å². The van der Waals surface area contributed by atoms with Crippen LogP contribution in [0.1, 0.15) is 30.9 Å². The fraction of sp³-hybridized carbons (Fsp3) is 0.600. The van der Waals surface area contributed by atoms with Crippen LogP contribution >= 0.6 is 0 Å². The molecular weight excluding hydrogens is 224 g/mol. The van der Waals surface area contributed by atoms with Gasteiger partial charge in [-0.3, -0.25) is 0 Å². The third kappa shape index (κ3) is 2.68. The number of ether oxygens (including phenoxy) is 1. The molecule has 2 aliphatic heterocycles. The maximum absolute atomic E-state index is 5.70. The molecule has 1 fully saturated rings. The molecule has 0 saturated carbocycles. The topological polar surface area (TPSA) is 33.3 Å². The van der Waals surface area contributed by atoms with Crippen molar-refractivity contribution in [3.05, 3.63) is 29.8 Å². The molecule has 0 aliphatic carbocycles. The van der Waals surface area contributed by atoms with Crippen LogP contribution in [-0.4, -0.2) is 26.2 Å². The molecule has 1 aromatic rings. The van der Waals surface area contributed by atoms with Crippen LogP contribution in [0.15, 0.2) is 24.3 Å². The van der Waals surface area contributed by atoms with E-state index in [9.17, 15) is 0 Å². The highest BCUT2D eigenvalue weighted by Gasteiger charge is 2.22. The number of piperidine rings is 1. The fourth-order valence-corrected chi connectivity index (χ4v) is 2.95. The van der Waals surface area contributed by atoms with Gasteiger partial charge in [0.25, 0.3) is 0 Å². The van der Waals surface area contributed by atoms with Gasteiger partial charge in [-0.05, 0) is 44.5 Å². The van der Waals surface area contributed by atoms with E-state index in [1.165, 1.54) is 31.5 Å². The van der Waals surface area contributed by atoms with Crippen LogP contribution in [0.3, 0.4) is 0 Å². The van der Waals surface area contributed by atoms with Crippen molar-refractivity contribution in [3.8, 4) is 5.75 Å². The summed E-state index contributed by atoms with van der Waals surface area (Å²) in [6, 6.07) is 8.90. The summed E-state index contributed by atoms with van der Waals surface area (Å²) in [5.41, 5.74) is 1.33. The van der Waals surface area contributed by atoms with E-state index < -0.39 is 0 Å². The van der Waals surface area contributed by atoms with Gasteiger partial charge in [0.15, 0.2) is 0 Å². The Morgan fingerprint density at radius 1 is 1.17 bits per heavy atom. The predicted molar refractivity (Wildman–Crippen MR) is 72.9 cm³/mol. The lowest BCUT2D eigenvalue weighted by Crippen LogP contribution is -2.36. The molecule has 0 amide bonds. The Hall–Kier alpha value is -1.06. The number of rotatable bonds is 3. The second-order valence-corrected chi connectivity index (χ2v) is 5.33. The van der Waals surface area contributed by atoms with Gasteiger partial charge in [-0.15, -0.1) is 0 Å². The molecule has 3 rings (SSSR count). The summed E-state index contributed by atoms with van der Waals surface area (Å²) in [7, 11) is 0. The quantitative estimate of drug-likeness (QED) is 0.857. The zero-order valence-electron chi connectivity index (χ0n) is 10.8. The smallest absolute Gasteiger partial charge is 0.124 e. The first-order chi connectivity index (χ1) is 8.93. The first-order valence-corrected chi connectivity index (χ1v) is 7.09. The van der Waals surface area contributed by atoms with Crippen LogP contribution in [-0.2, 0) is 0 Å². The summed E-state index contributed by atoms with van der Waals surface area (Å²) in [6.07, 6.45) is 3.69. The zero-order chi connectivity index (χ0) is 12.2. The number of para-hydroxylation sites is 1. The molecule has 1 unspecified atom stereocenters. The van der Waals surface area contributed by atoms with Crippen LogP contribution in [0.25, 0.3) is 0 Å². The van der Waals surface area contributed by atoms with Crippen molar-refractivity contribution in [2.24, 2.45) is 5.92 Å². The summed E-state index contributed by atoms with van der Waals surface area (Å²) in [5, 5.41) is 7.16. The lowest BCUT2D eigenvalue weighted by Gasteiger charge is -2.29. The van der Waals surface area contributed by atoms with Crippen molar-refractivity contribution >= 4 is 0 Å². The Kier molecular flexibility index (Phi) is 3.81. The van der Waals surface area contributed by atoms with E-state index in [1.54, 1.807) is 0 Å². The van der Waals surface area contributed by atoms with Gasteiger partial charge >= 0.3 is 0 Å². The predicted octanol–water partition coefficient (Wildman–Crippen LogP) is 2.10. The van der Waals surface area contributed by atoms with Crippen LogP contribution in [0.4, 0.5) is 0 Å². The molecule has 2 N–H and O–H groups in total. The lowest BCUT2D eigenvalue weighted by molar-refractivity contribution is 0.243. The van der Waals surface area contributed by atoms with Gasteiger partial charge in [-0.1, -0.05) is 18.2 Å². The van der Waals surface area contributed by atoms with E-state index in [0.717, 1.165) is 31.2 Å². The minimum atomic E-state index is 0.477. The number of hydrogen-bond acceptors (Lipinski definition) is 3. The van der Waals surface area contributed by atoms with Gasteiger partial charge in [0.2, 0.25) is 0 Å². The molecule has 3 heteroatoms. The maximum atomic E-state index is 5.70. The lowest BCUT2D eigenvalue weighted by atomic mass is 9.96. The molecule has 0 radical (unpaired) electrons. The van der Waals surface area contributed by atoms with Crippen molar-refractivity contribution in [1.29, 1.82) is 0 Å². The van der Waals surface area contributed by atoms with Crippen molar-refractivity contribution in [2.75, 3.05) is 26.2 Å². The highest BCUT2D eigenvalue weighted by Crippen LogP contribution is 2.31. The number of fused-ring (bicyclic) bond motifs is 1. The normalized spacial score (nSPS) is 24.3. The number of hydrogen-bond donors (Lipinski definition) is 2. The SMILES string of the molecule is c1ccc2c(c1)OCCC2NCC1CCNCC1. The highest BCUT2D eigenvalue weighted by atomic mass is 16.5. The Morgan fingerprint density at radius 2 is 2.00 bits per heavy atom. The van der Waals surface area contributed by atoms with Gasteiger partial charge < -0.3 is 15.4 Å². The van der Waals surface area contributed by atoms with Crippen LogP contribution in [0.2, 0.25) is 0 Å².